The second kappa shape index (κ2) is 11.9. The number of Topliss-reactive ketones (excluding diaryl/α,β-unsaturated/α-hetero) is 1. The molecule has 2 aromatic carbocycles. The summed E-state index contributed by atoms with van der Waals surface area (Å²) in [5, 5.41) is 42.1. The molecule has 14 nitrogen and oxygen atoms in total. The molecule has 2 bridgehead atoms. The van der Waals surface area contributed by atoms with Gasteiger partial charge in [0.25, 0.3) is 0 Å². The third kappa shape index (κ3) is 4.87. The third-order valence-corrected chi connectivity index (χ3v) is 9.86. The first kappa shape index (κ1) is 32.3. The number of methoxy groups -OCH3 is 2. The van der Waals surface area contributed by atoms with Gasteiger partial charge in [-0.3, -0.25) is 4.79 Å². The van der Waals surface area contributed by atoms with Crippen LogP contribution in [-0.2, 0) is 33.2 Å². The number of ether oxygens (including phenoxy) is 7. The molecule has 46 heavy (non-hydrogen) atoms. The Bertz CT molecular complexity index is 1480. The summed E-state index contributed by atoms with van der Waals surface area (Å²) in [5.41, 5.74) is -3.72. The number of rotatable bonds is 10. The van der Waals surface area contributed by atoms with Gasteiger partial charge in [0.15, 0.2) is 12.6 Å². The molecule has 2 aliphatic carbocycles. The first-order valence-electron chi connectivity index (χ1n) is 14.8. The third-order valence-electron chi connectivity index (χ3n) is 9.86. The van der Waals surface area contributed by atoms with Gasteiger partial charge in [0, 0.05) is 19.4 Å². The summed E-state index contributed by atoms with van der Waals surface area (Å²) in [6.07, 6.45) is -9.06. The average molecular weight is 645 g/mol. The highest BCUT2D eigenvalue weighted by Crippen LogP contribution is 2.74. The summed E-state index contributed by atoms with van der Waals surface area (Å²) in [6, 6.07) is 11.6. The largest absolute Gasteiger partial charge is 0.508 e. The van der Waals surface area contributed by atoms with E-state index in [1.54, 1.807) is 19.1 Å². The first-order valence-corrected chi connectivity index (χ1v) is 14.8. The Morgan fingerprint density at radius 3 is 2.17 bits per heavy atom. The molecular weight excluding hydrogens is 608 g/mol. The van der Waals surface area contributed by atoms with E-state index >= 15 is 0 Å². The number of benzene rings is 2. The van der Waals surface area contributed by atoms with E-state index in [-0.39, 0.29) is 42.1 Å². The fourth-order valence-electron chi connectivity index (χ4n) is 7.36. The minimum absolute atomic E-state index is 0.0341. The molecule has 6 rings (SSSR count). The smallest absolute Gasteiger partial charge is 0.338 e. The zero-order valence-electron chi connectivity index (χ0n) is 25.4. The number of phenolic OH excluding ortho intramolecular Hbond substituents is 1. The van der Waals surface area contributed by atoms with E-state index in [4.69, 9.17) is 33.2 Å². The molecule has 10 atom stereocenters. The number of carbonyl (C=O) groups is 3. The van der Waals surface area contributed by atoms with Gasteiger partial charge in [-0.2, -0.15) is 0 Å². The number of phenols is 1. The van der Waals surface area contributed by atoms with Gasteiger partial charge in [-0.05, 0) is 61.9 Å². The quantitative estimate of drug-likeness (QED) is 0.264. The molecule has 2 aliphatic heterocycles. The zero-order chi connectivity index (χ0) is 33.0. The maximum Gasteiger partial charge on any atom is 0.338 e. The molecule has 0 aromatic heterocycles. The molecule has 0 unspecified atom stereocenters. The molecule has 0 radical (unpaired) electrons. The molecule has 2 heterocycles. The van der Waals surface area contributed by atoms with E-state index in [2.05, 4.69) is 0 Å². The van der Waals surface area contributed by atoms with Gasteiger partial charge in [0.2, 0.25) is 0 Å². The lowest BCUT2D eigenvalue weighted by Crippen LogP contribution is -2.80. The first-order chi connectivity index (χ1) is 21.9. The second-order valence-electron chi connectivity index (χ2n) is 12.3. The molecule has 4 fully saturated rings. The summed E-state index contributed by atoms with van der Waals surface area (Å²) < 4.78 is 40.5. The van der Waals surface area contributed by atoms with E-state index in [0.717, 1.165) is 0 Å². The fourth-order valence-corrected chi connectivity index (χ4v) is 7.36. The summed E-state index contributed by atoms with van der Waals surface area (Å²) >= 11 is 0. The number of aliphatic hydroxyl groups excluding tert-OH is 3. The van der Waals surface area contributed by atoms with Crippen molar-refractivity contribution in [2.75, 3.05) is 27.4 Å². The number of fused-ring (bicyclic) bond motifs is 2. The SMILES string of the molecule is COc1ccc(C(=O)OC[C@H]2O[C@@H](O[C@@]34C[C@H]5C(=O)C[C@]3(C)O[C@H](OC)[C@]54COC(=O)c3ccc(O)cc3)[C@H](O)[C@@H](O)[C@@H]2O)cc1. The van der Waals surface area contributed by atoms with Crippen LogP contribution < -0.4 is 4.74 Å². The van der Waals surface area contributed by atoms with Crippen molar-refractivity contribution in [2.45, 2.75) is 68.0 Å². The van der Waals surface area contributed by atoms with Gasteiger partial charge >= 0.3 is 11.9 Å². The van der Waals surface area contributed by atoms with Crippen LogP contribution in [-0.4, -0.2) is 114 Å². The number of hydrogen-bond acceptors (Lipinski definition) is 14. The normalized spacial score (nSPS) is 37.7. The van der Waals surface area contributed by atoms with Crippen molar-refractivity contribution < 1.29 is 68.0 Å². The lowest BCUT2D eigenvalue weighted by Gasteiger charge is -2.66. The molecule has 14 heteroatoms. The van der Waals surface area contributed by atoms with Crippen LogP contribution in [0.5, 0.6) is 11.5 Å². The van der Waals surface area contributed by atoms with Crippen molar-refractivity contribution in [3.8, 4) is 11.5 Å². The van der Waals surface area contributed by atoms with E-state index in [1.807, 2.05) is 0 Å². The van der Waals surface area contributed by atoms with Crippen LogP contribution in [0.25, 0.3) is 0 Å². The maximum atomic E-state index is 13.3. The van der Waals surface area contributed by atoms with Crippen molar-refractivity contribution in [1.29, 1.82) is 0 Å². The van der Waals surface area contributed by atoms with Gasteiger partial charge in [0.1, 0.15) is 66.1 Å². The molecular formula is C32H36O14. The van der Waals surface area contributed by atoms with Crippen LogP contribution in [0.1, 0.15) is 40.5 Å². The minimum Gasteiger partial charge on any atom is -0.508 e. The molecule has 0 spiro atoms. The molecule has 4 N–H and O–H groups in total. The molecule has 2 saturated heterocycles. The number of aromatic hydroxyl groups is 1. The summed E-state index contributed by atoms with van der Waals surface area (Å²) in [6.45, 7) is 0.798. The highest BCUT2D eigenvalue weighted by Gasteiger charge is 2.87. The Hall–Kier alpha value is -3.63. The molecule has 2 saturated carbocycles. The van der Waals surface area contributed by atoms with Crippen molar-refractivity contribution in [2.24, 2.45) is 11.3 Å². The topological polar surface area (TPSA) is 197 Å². The van der Waals surface area contributed by atoms with E-state index in [1.165, 1.54) is 50.6 Å². The monoisotopic (exact) mass is 644 g/mol. The Labute approximate surface area is 263 Å². The van der Waals surface area contributed by atoms with Crippen LogP contribution in [0.3, 0.4) is 0 Å². The number of aliphatic hydroxyl groups is 3. The second-order valence-corrected chi connectivity index (χ2v) is 12.3. The standard InChI is InChI=1S/C32H36O14/c1-30-13-21(34)20-12-32(30,31(20,29(41-3)46-30)15-43-27(39)16-4-8-18(33)9-5-16)45-28-25(37)24(36)23(35)22(44-28)14-42-26(38)17-6-10-19(40-2)11-7-17/h4-11,20,22-25,28-29,33,35-37H,12-15H2,1-3H3/t20-,22+,23+,24-,25+,28-,29-,30-,31-,32-/m0/s1. The molecule has 2 aromatic rings. The van der Waals surface area contributed by atoms with E-state index in [9.17, 15) is 34.8 Å². The zero-order valence-corrected chi connectivity index (χ0v) is 25.4. The van der Waals surface area contributed by atoms with Crippen molar-refractivity contribution in [3.63, 3.8) is 0 Å². The van der Waals surface area contributed by atoms with Crippen LogP contribution in [0, 0.1) is 11.3 Å². The number of ketones is 1. The van der Waals surface area contributed by atoms with Crippen molar-refractivity contribution in [3.05, 3.63) is 59.7 Å². The minimum atomic E-state index is -1.76. The molecule has 248 valence electrons. The lowest BCUT2D eigenvalue weighted by molar-refractivity contribution is -0.381. The molecule has 4 aliphatic rings. The van der Waals surface area contributed by atoms with Crippen LogP contribution in [0.4, 0.5) is 0 Å². The van der Waals surface area contributed by atoms with Crippen molar-refractivity contribution in [1.82, 2.24) is 0 Å². The van der Waals surface area contributed by atoms with E-state index in [0.29, 0.717) is 5.75 Å². The Kier molecular flexibility index (Phi) is 8.34. The summed E-state index contributed by atoms with van der Waals surface area (Å²) in [4.78, 5) is 39.0. The van der Waals surface area contributed by atoms with Gasteiger partial charge in [-0.25, -0.2) is 9.59 Å². The van der Waals surface area contributed by atoms with Gasteiger partial charge in [-0.15, -0.1) is 0 Å². The predicted octanol–water partition coefficient (Wildman–Crippen LogP) is 0.718. The van der Waals surface area contributed by atoms with Crippen LogP contribution >= 0.6 is 0 Å². The van der Waals surface area contributed by atoms with Crippen LogP contribution in [0.2, 0.25) is 0 Å². The van der Waals surface area contributed by atoms with Gasteiger partial charge in [0.05, 0.1) is 23.7 Å². The number of hydrogen-bond donors (Lipinski definition) is 4. The number of esters is 2. The Balaban J connectivity index is 1.23. The maximum absolute atomic E-state index is 13.3. The van der Waals surface area contributed by atoms with E-state index < -0.39 is 78.1 Å². The average Bonchev–Trinajstić information content (AvgIpc) is 3.13. The highest BCUT2D eigenvalue weighted by molar-refractivity contribution is 5.91. The summed E-state index contributed by atoms with van der Waals surface area (Å²) in [5.74, 6) is -1.78. The molecule has 0 amide bonds. The van der Waals surface area contributed by atoms with Crippen LogP contribution in [0.15, 0.2) is 48.5 Å². The van der Waals surface area contributed by atoms with Gasteiger partial charge < -0.3 is 53.6 Å². The highest BCUT2D eigenvalue weighted by atomic mass is 16.8. The number of carbonyl (C=O) groups excluding carboxylic acids is 3. The Morgan fingerprint density at radius 1 is 0.913 bits per heavy atom. The van der Waals surface area contributed by atoms with Gasteiger partial charge in [-0.1, -0.05) is 0 Å². The fraction of sp³-hybridized carbons (Fsp3) is 0.531. The summed E-state index contributed by atoms with van der Waals surface area (Å²) in [7, 11) is 2.87. The Morgan fingerprint density at radius 2 is 1.54 bits per heavy atom. The van der Waals surface area contributed by atoms with Crippen molar-refractivity contribution >= 4 is 17.7 Å². The predicted molar refractivity (Wildman–Crippen MR) is 153 cm³/mol. The lowest BCUT2D eigenvalue weighted by atomic mass is 9.41.